The molecule has 21 heavy (non-hydrogen) atoms. The number of allylic oxidation sites excluding steroid dienone is 1. The topological polar surface area (TPSA) is 26.3 Å². The first-order valence-corrected chi connectivity index (χ1v) is 7.12. The molecule has 0 atom stereocenters. The predicted molar refractivity (Wildman–Crippen MR) is 86.2 cm³/mol. The Morgan fingerprint density at radius 3 is 2.29 bits per heavy atom. The van der Waals surface area contributed by atoms with Gasteiger partial charge in [0.25, 0.3) is 0 Å². The normalized spacial score (nSPS) is 11.2. The van der Waals surface area contributed by atoms with E-state index in [-0.39, 0.29) is 5.78 Å². The fourth-order valence-electron chi connectivity index (χ4n) is 1.98. The van der Waals surface area contributed by atoms with Crippen LogP contribution in [0.1, 0.15) is 31.4 Å². The second-order valence-corrected chi connectivity index (χ2v) is 5.13. The zero-order valence-electron chi connectivity index (χ0n) is 12.5. The quantitative estimate of drug-likeness (QED) is 0.720. The van der Waals surface area contributed by atoms with E-state index < -0.39 is 0 Å². The molecular weight excluding hydrogens is 260 g/mol. The predicted octanol–water partition coefficient (Wildman–Crippen LogP) is 4.65. The maximum absolute atomic E-state index is 11.0. The summed E-state index contributed by atoms with van der Waals surface area (Å²) in [4.78, 5) is 11.0. The van der Waals surface area contributed by atoms with E-state index in [0.29, 0.717) is 6.42 Å². The van der Waals surface area contributed by atoms with Gasteiger partial charge in [0.15, 0.2) is 0 Å². The number of Topliss-reactive ketones (excluding diaryl/α,β-unsaturated/α-hetero) is 1. The molecule has 0 aliphatic heterocycles. The van der Waals surface area contributed by atoms with Gasteiger partial charge in [-0.3, -0.25) is 0 Å². The van der Waals surface area contributed by atoms with Gasteiger partial charge in [-0.25, -0.2) is 0 Å². The third kappa shape index (κ3) is 4.92. The lowest BCUT2D eigenvalue weighted by atomic mass is 10.1. The van der Waals surface area contributed by atoms with Crippen LogP contribution in [0, 0.1) is 0 Å². The van der Waals surface area contributed by atoms with Crippen LogP contribution < -0.4 is 4.74 Å². The van der Waals surface area contributed by atoms with Crippen LogP contribution in [-0.4, -0.2) is 5.78 Å². The minimum absolute atomic E-state index is 0.219. The Balaban J connectivity index is 1.96. The molecule has 0 saturated carbocycles. The molecule has 0 aromatic heterocycles. The lowest BCUT2D eigenvalue weighted by molar-refractivity contribution is -0.116. The van der Waals surface area contributed by atoms with Gasteiger partial charge in [-0.05, 0) is 49.1 Å². The third-order valence-electron chi connectivity index (χ3n) is 3.29. The first-order chi connectivity index (χ1) is 10.1. The summed E-state index contributed by atoms with van der Waals surface area (Å²) in [6, 6.07) is 18.0. The van der Waals surface area contributed by atoms with Crippen LogP contribution in [0.4, 0.5) is 0 Å². The molecule has 108 valence electrons. The summed E-state index contributed by atoms with van der Waals surface area (Å²) in [6.07, 6.45) is 3.14. The standard InChI is InChI=1S/C19H20O2/c1-15(18-6-4-3-5-7-18)14-21-19-12-10-17(11-13-19)9-8-16(2)20/h3-7,10-14H,8-9H2,1-2H3/b15-14+. The van der Waals surface area contributed by atoms with Crippen LogP contribution in [-0.2, 0) is 11.2 Å². The number of carbonyl (C=O) groups is 1. The molecule has 0 bridgehead atoms. The van der Waals surface area contributed by atoms with E-state index in [1.807, 2.05) is 49.4 Å². The number of carbonyl (C=O) groups excluding carboxylic acids is 1. The average Bonchev–Trinajstić information content (AvgIpc) is 2.52. The van der Waals surface area contributed by atoms with Crippen molar-refractivity contribution >= 4 is 11.4 Å². The number of hydrogen-bond acceptors (Lipinski definition) is 2. The highest BCUT2D eigenvalue weighted by Crippen LogP contribution is 2.17. The smallest absolute Gasteiger partial charge is 0.130 e. The van der Waals surface area contributed by atoms with E-state index >= 15 is 0 Å². The van der Waals surface area contributed by atoms with E-state index in [0.717, 1.165) is 28.9 Å². The Morgan fingerprint density at radius 1 is 1.00 bits per heavy atom. The Bertz CT molecular complexity index is 610. The van der Waals surface area contributed by atoms with Crippen molar-refractivity contribution in [2.75, 3.05) is 0 Å². The van der Waals surface area contributed by atoms with Crippen molar-refractivity contribution in [3.8, 4) is 5.75 Å². The lowest BCUT2D eigenvalue weighted by Crippen LogP contribution is -1.94. The molecular formula is C19H20O2. The second kappa shape index (κ2) is 7.44. The van der Waals surface area contributed by atoms with Crippen molar-refractivity contribution in [2.24, 2.45) is 0 Å². The molecule has 2 aromatic rings. The molecule has 0 fully saturated rings. The van der Waals surface area contributed by atoms with E-state index in [1.54, 1.807) is 13.2 Å². The number of ether oxygens (including phenoxy) is 1. The second-order valence-electron chi connectivity index (χ2n) is 5.13. The molecule has 0 amide bonds. The molecule has 0 unspecified atom stereocenters. The SMILES string of the molecule is CC(=O)CCc1ccc(O/C=C(\C)c2ccccc2)cc1. The summed E-state index contributed by atoms with van der Waals surface area (Å²) in [7, 11) is 0. The molecule has 0 N–H and O–H groups in total. The molecule has 0 saturated heterocycles. The van der Waals surface area contributed by atoms with Crippen LogP contribution >= 0.6 is 0 Å². The van der Waals surface area contributed by atoms with Crippen molar-refractivity contribution in [1.82, 2.24) is 0 Å². The Morgan fingerprint density at radius 2 is 1.67 bits per heavy atom. The molecule has 0 aliphatic rings. The summed E-state index contributed by atoms with van der Waals surface area (Å²) in [6.45, 7) is 3.64. The van der Waals surface area contributed by atoms with Gasteiger partial charge in [0, 0.05) is 6.42 Å². The number of benzene rings is 2. The van der Waals surface area contributed by atoms with Gasteiger partial charge >= 0.3 is 0 Å². The number of aryl methyl sites for hydroxylation is 1. The lowest BCUT2D eigenvalue weighted by Gasteiger charge is -2.05. The largest absolute Gasteiger partial charge is 0.465 e. The summed E-state index contributed by atoms with van der Waals surface area (Å²) >= 11 is 0. The summed E-state index contributed by atoms with van der Waals surface area (Å²) in [5, 5.41) is 0. The Labute approximate surface area is 126 Å². The zero-order valence-corrected chi connectivity index (χ0v) is 12.5. The highest BCUT2D eigenvalue weighted by atomic mass is 16.5. The molecule has 2 heteroatoms. The molecule has 2 aromatic carbocycles. The summed E-state index contributed by atoms with van der Waals surface area (Å²) in [5.74, 6) is 1.02. The van der Waals surface area contributed by atoms with E-state index in [9.17, 15) is 4.79 Å². The molecule has 2 rings (SSSR count). The fourth-order valence-corrected chi connectivity index (χ4v) is 1.98. The van der Waals surface area contributed by atoms with Gasteiger partial charge in [-0.15, -0.1) is 0 Å². The first kappa shape index (κ1) is 15.0. The van der Waals surface area contributed by atoms with Gasteiger partial charge < -0.3 is 9.53 Å². The summed E-state index contributed by atoms with van der Waals surface area (Å²) in [5.41, 5.74) is 3.38. The van der Waals surface area contributed by atoms with E-state index in [1.165, 1.54) is 0 Å². The van der Waals surface area contributed by atoms with Gasteiger partial charge in [-0.1, -0.05) is 42.5 Å². The molecule has 0 aliphatic carbocycles. The van der Waals surface area contributed by atoms with Crippen LogP contribution in [0.2, 0.25) is 0 Å². The van der Waals surface area contributed by atoms with Gasteiger partial charge in [-0.2, -0.15) is 0 Å². The fraction of sp³-hybridized carbons (Fsp3) is 0.211. The highest BCUT2D eigenvalue weighted by Gasteiger charge is 1.99. The van der Waals surface area contributed by atoms with Gasteiger partial charge in [0.05, 0.1) is 6.26 Å². The maximum Gasteiger partial charge on any atom is 0.130 e. The van der Waals surface area contributed by atoms with E-state index in [2.05, 4.69) is 12.1 Å². The maximum atomic E-state index is 11.0. The van der Waals surface area contributed by atoms with Crippen LogP contribution in [0.15, 0.2) is 60.9 Å². The Hall–Kier alpha value is -2.35. The molecule has 2 nitrogen and oxygen atoms in total. The molecule has 0 radical (unpaired) electrons. The van der Waals surface area contributed by atoms with Crippen molar-refractivity contribution < 1.29 is 9.53 Å². The number of hydrogen-bond donors (Lipinski definition) is 0. The van der Waals surface area contributed by atoms with Gasteiger partial charge in [0.1, 0.15) is 11.5 Å². The monoisotopic (exact) mass is 280 g/mol. The van der Waals surface area contributed by atoms with Crippen LogP contribution in [0.25, 0.3) is 5.57 Å². The van der Waals surface area contributed by atoms with Crippen molar-refractivity contribution in [1.29, 1.82) is 0 Å². The number of ketones is 1. The molecule has 0 heterocycles. The van der Waals surface area contributed by atoms with Crippen molar-refractivity contribution in [2.45, 2.75) is 26.7 Å². The Kier molecular flexibility index (Phi) is 5.33. The van der Waals surface area contributed by atoms with Crippen LogP contribution in [0.5, 0.6) is 5.75 Å². The minimum Gasteiger partial charge on any atom is -0.465 e. The minimum atomic E-state index is 0.219. The van der Waals surface area contributed by atoms with Crippen molar-refractivity contribution in [3.05, 3.63) is 72.0 Å². The van der Waals surface area contributed by atoms with Crippen LogP contribution in [0.3, 0.4) is 0 Å². The van der Waals surface area contributed by atoms with Crippen molar-refractivity contribution in [3.63, 3.8) is 0 Å². The third-order valence-corrected chi connectivity index (χ3v) is 3.29. The summed E-state index contributed by atoms with van der Waals surface area (Å²) < 4.78 is 5.67. The highest BCUT2D eigenvalue weighted by molar-refractivity contribution is 5.75. The van der Waals surface area contributed by atoms with Gasteiger partial charge in [0.2, 0.25) is 0 Å². The molecule has 0 spiro atoms. The average molecular weight is 280 g/mol. The zero-order chi connectivity index (χ0) is 15.1. The number of rotatable bonds is 6. The van der Waals surface area contributed by atoms with E-state index in [4.69, 9.17) is 4.74 Å². The first-order valence-electron chi connectivity index (χ1n) is 7.12.